The Kier molecular flexibility index (Phi) is 5.76. The van der Waals surface area contributed by atoms with Gasteiger partial charge in [-0.05, 0) is 56.3 Å². The topological polar surface area (TPSA) is 50.2 Å². The van der Waals surface area contributed by atoms with E-state index in [1.54, 1.807) is 0 Å². The lowest BCUT2D eigenvalue weighted by atomic mass is 10.1. The molecule has 1 aromatic carbocycles. The molecule has 1 saturated heterocycles. The minimum atomic E-state index is 0. The number of rotatable bonds is 5. The Labute approximate surface area is 154 Å². The number of anilines is 1. The number of para-hydroxylation sites is 1. The third-order valence-electron chi connectivity index (χ3n) is 4.92. The van der Waals surface area contributed by atoms with Crippen molar-refractivity contribution >= 4 is 24.0 Å². The van der Waals surface area contributed by atoms with E-state index in [1.165, 1.54) is 12.8 Å². The lowest BCUT2D eigenvalue weighted by Gasteiger charge is -2.23. The van der Waals surface area contributed by atoms with Crippen LogP contribution in [0, 0.1) is 5.92 Å². The molecule has 0 radical (unpaired) electrons. The minimum absolute atomic E-state index is 0. The molecule has 6 heteroatoms. The molecule has 2 heterocycles. The van der Waals surface area contributed by atoms with Crippen molar-refractivity contribution in [3.63, 3.8) is 0 Å². The highest BCUT2D eigenvalue weighted by Gasteiger charge is 2.29. The number of hydrogen-bond donors (Lipinski definition) is 1. The van der Waals surface area contributed by atoms with Gasteiger partial charge in [-0.15, -0.1) is 12.4 Å². The number of nitrogens with one attached hydrogen (secondary N) is 1. The molecule has 2 fully saturated rings. The molecule has 1 amide bonds. The molecule has 4 rings (SSSR count). The molecule has 25 heavy (non-hydrogen) atoms. The number of benzene rings is 1. The molecule has 0 bridgehead atoms. The summed E-state index contributed by atoms with van der Waals surface area (Å²) >= 11 is 0. The van der Waals surface area contributed by atoms with E-state index < -0.39 is 0 Å². The van der Waals surface area contributed by atoms with Crippen LogP contribution in [0.25, 0.3) is 0 Å². The van der Waals surface area contributed by atoms with Gasteiger partial charge in [-0.2, -0.15) is 5.10 Å². The second kappa shape index (κ2) is 8.02. The number of nitrogens with zero attached hydrogens (tertiary/aromatic N) is 3. The van der Waals surface area contributed by atoms with Crippen LogP contribution in [-0.4, -0.2) is 35.3 Å². The predicted molar refractivity (Wildman–Crippen MR) is 101 cm³/mol. The van der Waals surface area contributed by atoms with Gasteiger partial charge in [-0.3, -0.25) is 9.48 Å². The standard InChI is InChI=1S/C19H24N4O.ClH/c24-19(18-10-12-23(21-18)17-7-4-11-20-13-17)22(14-15-8-9-15)16-5-2-1-3-6-16;/h1-3,5-6,10,12,15,17,20H,4,7-9,11,13-14H2;1H. The van der Waals surface area contributed by atoms with Gasteiger partial charge in [0, 0.05) is 25.0 Å². The van der Waals surface area contributed by atoms with Crippen molar-refractivity contribution in [1.29, 1.82) is 0 Å². The zero-order valence-corrected chi connectivity index (χ0v) is 15.1. The molecule has 134 valence electrons. The number of aromatic nitrogens is 2. The Bertz CT molecular complexity index is 692. The van der Waals surface area contributed by atoms with Crippen molar-refractivity contribution in [2.45, 2.75) is 31.7 Å². The molecular weight excluding hydrogens is 336 g/mol. The summed E-state index contributed by atoms with van der Waals surface area (Å²) < 4.78 is 1.96. The molecular formula is C19H25ClN4O. The fourth-order valence-corrected chi connectivity index (χ4v) is 3.33. The first-order valence-electron chi connectivity index (χ1n) is 8.94. The van der Waals surface area contributed by atoms with E-state index in [-0.39, 0.29) is 18.3 Å². The van der Waals surface area contributed by atoms with Gasteiger partial charge in [0.15, 0.2) is 5.69 Å². The zero-order valence-electron chi connectivity index (χ0n) is 14.3. The summed E-state index contributed by atoms with van der Waals surface area (Å²) in [6, 6.07) is 12.2. The molecule has 1 saturated carbocycles. The summed E-state index contributed by atoms with van der Waals surface area (Å²) in [6.45, 7) is 2.80. The van der Waals surface area contributed by atoms with Crippen LogP contribution in [0.3, 0.4) is 0 Å². The Morgan fingerprint density at radius 2 is 2.00 bits per heavy atom. The number of halogens is 1. The van der Waals surface area contributed by atoms with E-state index in [0.29, 0.717) is 17.7 Å². The minimum Gasteiger partial charge on any atom is -0.315 e. The second-order valence-corrected chi connectivity index (χ2v) is 6.88. The van der Waals surface area contributed by atoms with Crippen molar-refractivity contribution in [2.24, 2.45) is 5.92 Å². The summed E-state index contributed by atoms with van der Waals surface area (Å²) in [6.07, 6.45) is 6.67. The number of hydrogen-bond acceptors (Lipinski definition) is 3. The lowest BCUT2D eigenvalue weighted by Crippen LogP contribution is -2.34. The van der Waals surface area contributed by atoms with Crippen LogP contribution in [0.5, 0.6) is 0 Å². The Balaban J connectivity index is 0.00000182. The fourth-order valence-electron chi connectivity index (χ4n) is 3.33. The van der Waals surface area contributed by atoms with Crippen LogP contribution in [0.2, 0.25) is 0 Å². The normalized spacial score (nSPS) is 19.9. The van der Waals surface area contributed by atoms with Crippen LogP contribution >= 0.6 is 12.4 Å². The van der Waals surface area contributed by atoms with E-state index in [0.717, 1.165) is 38.2 Å². The van der Waals surface area contributed by atoms with Gasteiger partial charge in [-0.25, -0.2) is 0 Å². The maximum absolute atomic E-state index is 13.0. The molecule has 2 aromatic rings. The smallest absolute Gasteiger partial charge is 0.278 e. The average molecular weight is 361 g/mol. The Morgan fingerprint density at radius 3 is 2.68 bits per heavy atom. The maximum Gasteiger partial charge on any atom is 0.278 e. The third-order valence-corrected chi connectivity index (χ3v) is 4.92. The molecule has 1 aliphatic carbocycles. The average Bonchev–Trinajstić information content (AvgIpc) is 3.33. The highest BCUT2D eigenvalue weighted by atomic mass is 35.5. The summed E-state index contributed by atoms with van der Waals surface area (Å²) in [5.74, 6) is 0.648. The maximum atomic E-state index is 13.0. The number of carbonyl (C=O) groups is 1. The molecule has 1 unspecified atom stereocenters. The monoisotopic (exact) mass is 360 g/mol. The molecule has 1 N–H and O–H groups in total. The molecule has 1 aromatic heterocycles. The SMILES string of the molecule is Cl.O=C(c1ccn(C2CCCNC2)n1)N(CC1CC1)c1ccccc1. The first-order chi connectivity index (χ1) is 11.8. The van der Waals surface area contributed by atoms with Crippen LogP contribution < -0.4 is 10.2 Å². The molecule has 1 atom stereocenters. The fraction of sp³-hybridized carbons (Fsp3) is 0.474. The van der Waals surface area contributed by atoms with Crippen LogP contribution in [0.15, 0.2) is 42.6 Å². The molecule has 5 nitrogen and oxygen atoms in total. The van der Waals surface area contributed by atoms with Gasteiger partial charge < -0.3 is 10.2 Å². The van der Waals surface area contributed by atoms with Gasteiger partial charge in [-0.1, -0.05) is 18.2 Å². The van der Waals surface area contributed by atoms with Crippen molar-refractivity contribution in [3.8, 4) is 0 Å². The van der Waals surface area contributed by atoms with Gasteiger partial charge in [0.05, 0.1) is 6.04 Å². The van der Waals surface area contributed by atoms with Gasteiger partial charge in [0.1, 0.15) is 0 Å². The third kappa shape index (κ3) is 4.22. The lowest BCUT2D eigenvalue weighted by molar-refractivity contribution is 0.0979. The summed E-state index contributed by atoms with van der Waals surface area (Å²) in [7, 11) is 0. The van der Waals surface area contributed by atoms with E-state index in [9.17, 15) is 4.79 Å². The Morgan fingerprint density at radius 1 is 1.20 bits per heavy atom. The molecule has 0 spiro atoms. The quantitative estimate of drug-likeness (QED) is 0.890. The number of amides is 1. The van der Waals surface area contributed by atoms with Gasteiger partial charge in [0.25, 0.3) is 5.91 Å². The number of piperidine rings is 1. The Hall–Kier alpha value is -1.85. The highest BCUT2D eigenvalue weighted by molar-refractivity contribution is 6.04. The van der Waals surface area contributed by atoms with E-state index in [4.69, 9.17) is 0 Å². The molecule has 2 aliphatic rings. The van der Waals surface area contributed by atoms with Crippen molar-refractivity contribution in [1.82, 2.24) is 15.1 Å². The second-order valence-electron chi connectivity index (χ2n) is 6.88. The van der Waals surface area contributed by atoms with E-state index in [2.05, 4.69) is 10.4 Å². The van der Waals surface area contributed by atoms with Crippen molar-refractivity contribution in [2.75, 3.05) is 24.5 Å². The van der Waals surface area contributed by atoms with Crippen molar-refractivity contribution < 1.29 is 4.79 Å². The summed E-state index contributed by atoms with van der Waals surface area (Å²) in [4.78, 5) is 14.9. The van der Waals surface area contributed by atoms with Gasteiger partial charge in [0.2, 0.25) is 0 Å². The van der Waals surface area contributed by atoms with Crippen LogP contribution in [-0.2, 0) is 0 Å². The summed E-state index contributed by atoms with van der Waals surface area (Å²) in [5, 5.41) is 7.99. The number of carbonyl (C=O) groups excluding carboxylic acids is 1. The van der Waals surface area contributed by atoms with E-state index >= 15 is 0 Å². The highest BCUT2D eigenvalue weighted by Crippen LogP contribution is 2.32. The van der Waals surface area contributed by atoms with Crippen LogP contribution in [0.4, 0.5) is 5.69 Å². The van der Waals surface area contributed by atoms with Crippen molar-refractivity contribution in [3.05, 3.63) is 48.3 Å². The van der Waals surface area contributed by atoms with E-state index in [1.807, 2.05) is 52.2 Å². The van der Waals surface area contributed by atoms with Crippen LogP contribution in [0.1, 0.15) is 42.2 Å². The largest absolute Gasteiger partial charge is 0.315 e. The first kappa shape index (κ1) is 18.0. The first-order valence-corrected chi connectivity index (χ1v) is 8.94. The molecule has 1 aliphatic heterocycles. The zero-order chi connectivity index (χ0) is 16.4. The predicted octanol–water partition coefficient (Wildman–Crippen LogP) is 3.29. The summed E-state index contributed by atoms with van der Waals surface area (Å²) in [5.41, 5.74) is 1.51. The van der Waals surface area contributed by atoms with Gasteiger partial charge >= 0.3 is 0 Å².